The highest BCUT2D eigenvalue weighted by Gasteiger charge is 2.49. The predicted molar refractivity (Wildman–Crippen MR) is 188 cm³/mol. The number of aliphatic hydroxyl groups is 2. The molecule has 5 atom stereocenters. The second kappa shape index (κ2) is 15.7. The molecule has 2 heterocycles. The van der Waals surface area contributed by atoms with Gasteiger partial charge in [-0.05, 0) is 59.7 Å². The second-order valence-corrected chi connectivity index (χ2v) is 11.8. The number of hydrogen-bond acceptors (Lipinski definition) is 14. The van der Waals surface area contributed by atoms with Gasteiger partial charge < -0.3 is 54.0 Å². The van der Waals surface area contributed by atoms with E-state index in [0.29, 0.717) is 11.1 Å². The minimum Gasteiger partial charge on any atom is -0.508 e. The van der Waals surface area contributed by atoms with Gasteiger partial charge in [0.2, 0.25) is 17.5 Å². The van der Waals surface area contributed by atoms with Crippen molar-refractivity contribution in [3.8, 4) is 40.1 Å². The van der Waals surface area contributed by atoms with Crippen molar-refractivity contribution in [2.24, 2.45) is 0 Å². The highest BCUT2D eigenvalue weighted by molar-refractivity contribution is 5.89. The fourth-order valence-electron chi connectivity index (χ4n) is 5.43. The van der Waals surface area contributed by atoms with Gasteiger partial charge in [0.1, 0.15) is 52.8 Å². The Morgan fingerprint density at radius 2 is 1.36 bits per heavy atom. The first kappa shape index (κ1) is 36.2. The number of benzene rings is 4. The number of phenolic OH excluding ortho intramolecular Hbond substituents is 4. The van der Waals surface area contributed by atoms with Gasteiger partial charge in [0.25, 0.3) is 0 Å². The number of rotatable bonds is 10. The first-order valence-electron chi connectivity index (χ1n) is 16.0. The zero-order valence-corrected chi connectivity index (χ0v) is 27.5. The van der Waals surface area contributed by atoms with Crippen molar-refractivity contribution < 1.29 is 63.6 Å². The molecule has 0 aliphatic carbocycles. The van der Waals surface area contributed by atoms with Crippen LogP contribution in [0.1, 0.15) is 11.1 Å². The van der Waals surface area contributed by atoms with Crippen LogP contribution >= 0.6 is 0 Å². The number of aromatic hydroxyl groups is 4. The molecule has 0 radical (unpaired) electrons. The summed E-state index contributed by atoms with van der Waals surface area (Å²) in [5, 5.41) is 62.2. The van der Waals surface area contributed by atoms with Crippen LogP contribution in [0.4, 0.5) is 0 Å². The molecule has 6 rings (SSSR count). The van der Waals surface area contributed by atoms with Crippen LogP contribution in [0.2, 0.25) is 0 Å². The van der Waals surface area contributed by atoms with E-state index in [1.165, 1.54) is 48.6 Å². The molecule has 5 aromatic rings. The molecule has 272 valence electrons. The average molecular weight is 725 g/mol. The normalized spacial score (nSPS) is 20.1. The molecular formula is C39H32O14. The Balaban J connectivity index is 1.32. The van der Waals surface area contributed by atoms with E-state index in [1.807, 2.05) is 0 Å². The molecule has 3 unspecified atom stereocenters. The number of carbonyl (C=O) groups excluding carboxylic acids is 2. The number of esters is 2. The zero-order valence-electron chi connectivity index (χ0n) is 27.5. The first-order valence-corrected chi connectivity index (χ1v) is 16.0. The third kappa shape index (κ3) is 8.48. The maximum absolute atomic E-state index is 13.9. The van der Waals surface area contributed by atoms with Crippen LogP contribution in [-0.2, 0) is 23.8 Å². The van der Waals surface area contributed by atoms with Gasteiger partial charge in [-0.25, -0.2) is 9.59 Å². The van der Waals surface area contributed by atoms with Gasteiger partial charge >= 0.3 is 11.9 Å². The minimum absolute atomic E-state index is 0.0330. The van der Waals surface area contributed by atoms with Crippen LogP contribution in [0.3, 0.4) is 0 Å². The Hall–Kier alpha value is -6.61. The van der Waals surface area contributed by atoms with Crippen LogP contribution in [0, 0.1) is 0 Å². The molecule has 53 heavy (non-hydrogen) atoms. The van der Waals surface area contributed by atoms with Crippen LogP contribution in [0.15, 0.2) is 112 Å². The number of phenols is 4. The lowest BCUT2D eigenvalue weighted by molar-refractivity contribution is -0.281. The van der Waals surface area contributed by atoms with Gasteiger partial charge in [-0.15, -0.1) is 0 Å². The lowest BCUT2D eigenvalue weighted by atomic mass is 9.98. The van der Waals surface area contributed by atoms with E-state index in [9.17, 15) is 45.0 Å². The van der Waals surface area contributed by atoms with E-state index in [2.05, 4.69) is 0 Å². The fraction of sp³-hybridized carbons (Fsp3) is 0.154. The van der Waals surface area contributed by atoms with Crippen molar-refractivity contribution in [2.75, 3.05) is 6.61 Å². The molecule has 0 amide bonds. The average Bonchev–Trinajstić information content (AvgIpc) is 3.14. The largest absolute Gasteiger partial charge is 0.508 e. The Morgan fingerprint density at radius 1 is 0.736 bits per heavy atom. The summed E-state index contributed by atoms with van der Waals surface area (Å²) in [6.45, 7) is -0.641. The molecule has 1 saturated heterocycles. The van der Waals surface area contributed by atoms with Crippen LogP contribution in [0.5, 0.6) is 28.7 Å². The quantitative estimate of drug-likeness (QED) is 0.0886. The van der Waals surface area contributed by atoms with E-state index in [1.54, 1.807) is 42.5 Å². The van der Waals surface area contributed by atoms with Crippen molar-refractivity contribution in [1.82, 2.24) is 0 Å². The Kier molecular flexibility index (Phi) is 10.7. The SMILES string of the molecule is O=C(C=Cc1ccc(O)cc1)OCC1O[C@@H](Oc2c(-c3ccc(O)cc3)oc3cc(O)cc(O)c3c2=O)C(O)C(OC(=O)C=Cc2ccccc2)[C@@H]1O. The van der Waals surface area contributed by atoms with Crippen molar-refractivity contribution in [3.05, 3.63) is 124 Å². The van der Waals surface area contributed by atoms with Gasteiger partial charge in [-0.2, -0.15) is 0 Å². The molecule has 0 bridgehead atoms. The maximum Gasteiger partial charge on any atom is 0.331 e. The number of ether oxygens (including phenoxy) is 4. The molecule has 14 heteroatoms. The molecule has 1 aliphatic heterocycles. The van der Waals surface area contributed by atoms with Gasteiger partial charge in [0.15, 0.2) is 18.0 Å². The smallest absolute Gasteiger partial charge is 0.331 e. The van der Waals surface area contributed by atoms with Gasteiger partial charge in [-0.3, -0.25) is 4.79 Å². The number of hydrogen-bond donors (Lipinski definition) is 6. The van der Waals surface area contributed by atoms with E-state index in [-0.39, 0.29) is 28.4 Å². The molecule has 0 spiro atoms. The molecule has 1 fully saturated rings. The molecule has 14 nitrogen and oxygen atoms in total. The summed E-state index contributed by atoms with van der Waals surface area (Å²) in [4.78, 5) is 39.4. The van der Waals surface area contributed by atoms with Gasteiger partial charge in [0.05, 0.1) is 0 Å². The Bertz CT molecular complexity index is 2210. The molecule has 4 aromatic carbocycles. The topological polar surface area (TPSA) is 223 Å². The van der Waals surface area contributed by atoms with Crippen molar-refractivity contribution in [1.29, 1.82) is 0 Å². The van der Waals surface area contributed by atoms with Crippen LogP contribution in [-0.4, -0.2) is 79.9 Å². The van der Waals surface area contributed by atoms with Gasteiger partial charge in [-0.1, -0.05) is 42.5 Å². The molecular weight excluding hydrogens is 692 g/mol. The summed E-state index contributed by atoms with van der Waals surface area (Å²) < 4.78 is 28.4. The van der Waals surface area contributed by atoms with Gasteiger partial charge in [0, 0.05) is 29.8 Å². The first-order chi connectivity index (χ1) is 25.5. The van der Waals surface area contributed by atoms with Crippen molar-refractivity contribution in [3.63, 3.8) is 0 Å². The zero-order chi connectivity index (χ0) is 37.6. The molecule has 0 saturated carbocycles. The third-order valence-corrected chi connectivity index (χ3v) is 8.08. The molecule has 1 aromatic heterocycles. The van der Waals surface area contributed by atoms with E-state index < -0.39 is 77.3 Å². The highest BCUT2D eigenvalue weighted by Crippen LogP contribution is 2.37. The standard InChI is InChI=1S/C39H32O14/c40-24-12-6-22(7-13-24)8-16-30(44)49-20-29-33(46)37(52-31(45)17-9-21-4-2-1-3-5-21)35(48)39(51-29)53-38-34(47)32-27(43)18-26(42)19-28(32)50-36(38)23-10-14-25(41)15-11-23/h1-19,29,33,35,37,39-43,46,48H,20H2/t29?,33-,35?,37?,39+/m1/s1. The predicted octanol–water partition coefficient (Wildman–Crippen LogP) is 3.99. The number of carbonyl (C=O) groups is 2. The maximum atomic E-state index is 13.9. The lowest BCUT2D eigenvalue weighted by Gasteiger charge is -2.41. The number of aliphatic hydroxyl groups excluding tert-OH is 2. The van der Waals surface area contributed by atoms with Crippen molar-refractivity contribution >= 4 is 35.1 Å². The lowest BCUT2D eigenvalue weighted by Crippen LogP contribution is -2.61. The van der Waals surface area contributed by atoms with E-state index >= 15 is 0 Å². The Labute approximate surface area is 300 Å². The second-order valence-electron chi connectivity index (χ2n) is 11.8. The summed E-state index contributed by atoms with van der Waals surface area (Å²) >= 11 is 0. The summed E-state index contributed by atoms with van der Waals surface area (Å²) in [6, 6.07) is 22.1. The summed E-state index contributed by atoms with van der Waals surface area (Å²) in [5.74, 6) is -3.85. The van der Waals surface area contributed by atoms with Crippen LogP contribution < -0.4 is 10.2 Å². The summed E-state index contributed by atoms with van der Waals surface area (Å²) in [5.41, 5.74) is 0.219. The highest BCUT2D eigenvalue weighted by atomic mass is 16.7. The Morgan fingerprint density at radius 3 is 2.04 bits per heavy atom. The summed E-state index contributed by atoms with van der Waals surface area (Å²) in [6.07, 6.45) is -3.87. The van der Waals surface area contributed by atoms with Crippen molar-refractivity contribution in [2.45, 2.75) is 30.7 Å². The number of fused-ring (bicyclic) bond motifs is 1. The fourth-order valence-corrected chi connectivity index (χ4v) is 5.43. The van der Waals surface area contributed by atoms with Crippen LogP contribution in [0.25, 0.3) is 34.4 Å². The molecule has 6 N–H and O–H groups in total. The van der Waals surface area contributed by atoms with E-state index in [0.717, 1.165) is 24.3 Å². The van der Waals surface area contributed by atoms with E-state index in [4.69, 9.17) is 23.4 Å². The minimum atomic E-state index is -1.96. The molecule has 1 aliphatic rings. The third-order valence-electron chi connectivity index (χ3n) is 8.08. The summed E-state index contributed by atoms with van der Waals surface area (Å²) in [7, 11) is 0. The monoisotopic (exact) mass is 724 g/mol.